The number of rotatable bonds is 7. The van der Waals surface area contributed by atoms with Gasteiger partial charge in [0.05, 0.1) is 6.54 Å². The lowest BCUT2D eigenvalue weighted by Crippen LogP contribution is -2.49. The number of nitrogens with two attached hydrogens (primary N) is 1. The second kappa shape index (κ2) is 9.35. The third-order valence-corrected chi connectivity index (χ3v) is 4.56. The van der Waals surface area contributed by atoms with Crippen LogP contribution in [0, 0.1) is 0 Å². The van der Waals surface area contributed by atoms with Gasteiger partial charge in [0.15, 0.2) is 0 Å². The van der Waals surface area contributed by atoms with Crippen LogP contribution in [-0.2, 0) is 16.0 Å². The normalized spacial score (nSPS) is 11.5. The van der Waals surface area contributed by atoms with Gasteiger partial charge in [0.25, 0.3) is 5.91 Å². The lowest BCUT2D eigenvalue weighted by molar-refractivity contribution is -0.126. The molecule has 0 radical (unpaired) electrons. The van der Waals surface area contributed by atoms with Crippen LogP contribution in [0.25, 0.3) is 0 Å². The van der Waals surface area contributed by atoms with Gasteiger partial charge >= 0.3 is 0 Å². The monoisotopic (exact) mass is 437 g/mol. The molecule has 2 aromatic rings. The molecule has 0 spiro atoms. The molecule has 0 unspecified atom stereocenters. The van der Waals surface area contributed by atoms with Gasteiger partial charge in [-0.25, -0.2) is 0 Å². The van der Waals surface area contributed by atoms with Gasteiger partial charge in [0, 0.05) is 21.5 Å². The van der Waals surface area contributed by atoms with Crippen LogP contribution in [0.5, 0.6) is 0 Å². The first kappa shape index (κ1) is 19.9. The molecule has 6 nitrogen and oxygen atoms in total. The Bertz CT molecular complexity index is 815. The van der Waals surface area contributed by atoms with Crippen LogP contribution in [-0.4, -0.2) is 30.3 Å². The van der Waals surface area contributed by atoms with E-state index < -0.39 is 17.9 Å². The summed E-state index contributed by atoms with van der Waals surface area (Å²) in [7, 11) is 0. The average molecular weight is 439 g/mol. The first-order valence-electron chi connectivity index (χ1n) is 7.72. The fourth-order valence-electron chi connectivity index (χ4n) is 2.24. The summed E-state index contributed by atoms with van der Waals surface area (Å²) in [6.07, 6.45) is 0.175. The molecule has 0 saturated heterocycles. The Hall–Kier alpha value is -2.38. The zero-order chi connectivity index (χ0) is 19.1. The molecular weight excluding hydrogens is 422 g/mol. The van der Waals surface area contributed by atoms with Crippen LogP contribution in [0.15, 0.2) is 53.0 Å². The predicted molar refractivity (Wildman–Crippen MR) is 103 cm³/mol. The van der Waals surface area contributed by atoms with Crippen LogP contribution >= 0.6 is 27.5 Å². The molecule has 0 saturated carbocycles. The van der Waals surface area contributed by atoms with Crippen molar-refractivity contribution in [3.63, 3.8) is 0 Å². The molecule has 0 aromatic heterocycles. The Balaban J connectivity index is 1.94. The first-order chi connectivity index (χ1) is 12.4. The quantitative estimate of drug-likeness (QED) is 0.616. The second-order valence-corrected chi connectivity index (χ2v) is 6.80. The van der Waals surface area contributed by atoms with Crippen molar-refractivity contribution < 1.29 is 14.4 Å². The molecule has 8 heteroatoms. The lowest BCUT2D eigenvalue weighted by Gasteiger charge is -2.17. The average Bonchev–Trinajstić information content (AvgIpc) is 2.62. The summed E-state index contributed by atoms with van der Waals surface area (Å²) >= 11 is 9.33. The molecule has 2 aromatic carbocycles. The molecule has 0 aliphatic rings. The van der Waals surface area contributed by atoms with Gasteiger partial charge in [0.1, 0.15) is 6.04 Å². The van der Waals surface area contributed by atoms with Gasteiger partial charge in [-0.15, -0.1) is 0 Å². The summed E-state index contributed by atoms with van der Waals surface area (Å²) < 4.78 is 0.750. The Morgan fingerprint density at radius 2 is 1.81 bits per heavy atom. The van der Waals surface area contributed by atoms with Gasteiger partial charge in [-0.1, -0.05) is 45.7 Å². The summed E-state index contributed by atoms with van der Waals surface area (Å²) in [6.45, 7) is -0.270. The van der Waals surface area contributed by atoms with Gasteiger partial charge < -0.3 is 16.4 Å². The van der Waals surface area contributed by atoms with E-state index in [4.69, 9.17) is 17.3 Å². The molecule has 2 rings (SSSR count). The minimum Gasteiger partial charge on any atom is -0.368 e. The SMILES string of the molecule is NC(=O)[C@H](Cc1cc(Cl)ccc1Br)NC(=O)CNC(=O)c1ccccc1. The van der Waals surface area contributed by atoms with Crippen molar-refractivity contribution in [3.8, 4) is 0 Å². The number of hydrogen-bond acceptors (Lipinski definition) is 3. The Morgan fingerprint density at radius 1 is 1.12 bits per heavy atom. The molecule has 0 aliphatic heterocycles. The summed E-state index contributed by atoms with van der Waals surface area (Å²) in [6, 6.07) is 12.7. The third-order valence-electron chi connectivity index (χ3n) is 3.56. The van der Waals surface area contributed by atoms with E-state index in [9.17, 15) is 14.4 Å². The van der Waals surface area contributed by atoms with E-state index >= 15 is 0 Å². The molecule has 0 aliphatic carbocycles. The largest absolute Gasteiger partial charge is 0.368 e. The first-order valence-corrected chi connectivity index (χ1v) is 8.89. The standard InChI is InChI=1S/C18H17BrClN3O3/c19-14-7-6-13(20)8-12(14)9-15(17(21)25)23-16(24)10-22-18(26)11-4-2-1-3-5-11/h1-8,15H,9-10H2,(H2,21,25)(H,22,26)(H,23,24)/t15-/m0/s1. The Morgan fingerprint density at radius 3 is 2.46 bits per heavy atom. The van der Waals surface area contributed by atoms with Crippen LogP contribution in [0.4, 0.5) is 0 Å². The zero-order valence-electron chi connectivity index (χ0n) is 13.7. The van der Waals surface area contributed by atoms with Crippen molar-refractivity contribution in [2.45, 2.75) is 12.5 Å². The highest BCUT2D eigenvalue weighted by molar-refractivity contribution is 9.10. The summed E-state index contributed by atoms with van der Waals surface area (Å²) in [5.74, 6) is -1.58. The number of hydrogen-bond donors (Lipinski definition) is 3. The fraction of sp³-hybridized carbons (Fsp3) is 0.167. The van der Waals surface area contributed by atoms with Gasteiger partial charge in [-0.05, 0) is 35.9 Å². The van der Waals surface area contributed by atoms with E-state index in [0.717, 1.165) is 10.0 Å². The van der Waals surface area contributed by atoms with Crippen molar-refractivity contribution >= 4 is 45.3 Å². The van der Waals surface area contributed by atoms with Crippen molar-refractivity contribution in [1.29, 1.82) is 0 Å². The molecule has 0 bridgehead atoms. The van der Waals surface area contributed by atoms with E-state index in [1.54, 1.807) is 48.5 Å². The highest BCUT2D eigenvalue weighted by Crippen LogP contribution is 2.22. The zero-order valence-corrected chi connectivity index (χ0v) is 16.0. The molecular formula is C18H17BrClN3O3. The molecule has 26 heavy (non-hydrogen) atoms. The van der Waals surface area contributed by atoms with E-state index in [0.29, 0.717) is 10.6 Å². The van der Waals surface area contributed by atoms with E-state index in [-0.39, 0.29) is 18.9 Å². The molecule has 4 N–H and O–H groups in total. The number of primary amides is 1. The third kappa shape index (κ3) is 5.86. The maximum atomic E-state index is 12.1. The van der Waals surface area contributed by atoms with Crippen LogP contribution in [0.2, 0.25) is 5.02 Å². The maximum absolute atomic E-state index is 12.1. The summed E-state index contributed by atoms with van der Waals surface area (Å²) in [4.78, 5) is 35.7. The second-order valence-electron chi connectivity index (χ2n) is 5.51. The predicted octanol–water partition coefficient (Wildman–Crippen LogP) is 2.05. The number of amides is 3. The molecule has 3 amide bonds. The van der Waals surface area contributed by atoms with E-state index in [1.807, 2.05) is 0 Å². The van der Waals surface area contributed by atoms with E-state index in [2.05, 4.69) is 26.6 Å². The maximum Gasteiger partial charge on any atom is 0.251 e. The van der Waals surface area contributed by atoms with Crippen molar-refractivity contribution in [1.82, 2.24) is 10.6 Å². The number of carbonyl (C=O) groups is 3. The van der Waals surface area contributed by atoms with E-state index in [1.165, 1.54) is 0 Å². The van der Waals surface area contributed by atoms with Crippen LogP contribution in [0.1, 0.15) is 15.9 Å². The lowest BCUT2D eigenvalue weighted by atomic mass is 10.1. The Kier molecular flexibility index (Phi) is 7.17. The van der Waals surface area contributed by atoms with Crippen molar-refractivity contribution in [3.05, 3.63) is 69.2 Å². The number of nitrogens with one attached hydrogen (secondary N) is 2. The summed E-state index contributed by atoms with van der Waals surface area (Å²) in [5.41, 5.74) is 6.55. The highest BCUT2D eigenvalue weighted by atomic mass is 79.9. The van der Waals surface area contributed by atoms with Crippen LogP contribution in [0.3, 0.4) is 0 Å². The summed E-state index contributed by atoms with van der Waals surface area (Å²) in [5, 5.41) is 5.53. The van der Waals surface area contributed by atoms with Gasteiger partial charge in [-0.3, -0.25) is 14.4 Å². The van der Waals surface area contributed by atoms with Gasteiger partial charge in [0.2, 0.25) is 11.8 Å². The number of carbonyl (C=O) groups excluding carboxylic acids is 3. The highest BCUT2D eigenvalue weighted by Gasteiger charge is 2.20. The molecule has 136 valence electrons. The minimum absolute atomic E-state index is 0.175. The Labute approximate surface area is 164 Å². The van der Waals surface area contributed by atoms with Crippen molar-refractivity contribution in [2.24, 2.45) is 5.73 Å². The van der Waals surface area contributed by atoms with Crippen molar-refractivity contribution in [2.75, 3.05) is 6.54 Å². The number of halogens is 2. The molecule has 0 heterocycles. The minimum atomic E-state index is -0.925. The topological polar surface area (TPSA) is 101 Å². The molecule has 1 atom stereocenters. The van der Waals surface area contributed by atoms with Gasteiger partial charge in [-0.2, -0.15) is 0 Å². The number of benzene rings is 2. The fourth-order valence-corrected chi connectivity index (χ4v) is 2.84. The van der Waals surface area contributed by atoms with Crippen LogP contribution < -0.4 is 16.4 Å². The smallest absolute Gasteiger partial charge is 0.251 e. The molecule has 0 fully saturated rings.